The Bertz CT molecular complexity index is 266. The van der Waals surface area contributed by atoms with E-state index in [0.717, 1.165) is 13.0 Å². The van der Waals surface area contributed by atoms with E-state index in [0.29, 0.717) is 0 Å². The van der Waals surface area contributed by atoms with Crippen LogP contribution in [0.4, 0.5) is 0 Å². The molecule has 1 fully saturated rings. The van der Waals surface area contributed by atoms with E-state index in [1.807, 2.05) is 20.8 Å². The molecule has 2 atom stereocenters. The fourth-order valence-corrected chi connectivity index (χ4v) is 1.89. The summed E-state index contributed by atoms with van der Waals surface area (Å²) >= 11 is 0. The van der Waals surface area contributed by atoms with E-state index in [4.69, 9.17) is 0 Å². The van der Waals surface area contributed by atoms with Gasteiger partial charge in [0.25, 0.3) is 0 Å². The summed E-state index contributed by atoms with van der Waals surface area (Å²) in [6, 6.07) is 0.310. The third-order valence-electron chi connectivity index (χ3n) is 2.73. The molecular weight excluding hydrogens is 206 g/mol. The molecule has 0 saturated carbocycles. The monoisotopic (exact) mass is 227 g/mol. The van der Waals surface area contributed by atoms with Gasteiger partial charge in [-0.05, 0) is 33.7 Å². The summed E-state index contributed by atoms with van der Waals surface area (Å²) in [5.41, 5.74) is 0. The van der Waals surface area contributed by atoms with Crippen molar-refractivity contribution in [1.82, 2.24) is 16.0 Å². The lowest BCUT2D eigenvalue weighted by Gasteiger charge is -2.15. The predicted octanol–water partition coefficient (Wildman–Crippen LogP) is -0.375. The smallest absolute Gasteiger partial charge is 0.239 e. The Labute approximate surface area is 96.4 Å². The molecule has 1 rings (SSSR count). The second kappa shape index (κ2) is 5.84. The van der Waals surface area contributed by atoms with Crippen LogP contribution in [0.3, 0.4) is 0 Å². The number of hydrogen-bond acceptors (Lipinski definition) is 3. The van der Waals surface area contributed by atoms with Crippen LogP contribution in [0.2, 0.25) is 0 Å². The fraction of sp³-hybridized carbons (Fsp3) is 0.818. The van der Waals surface area contributed by atoms with Gasteiger partial charge in [0.15, 0.2) is 0 Å². The number of hydrogen-bond donors (Lipinski definition) is 3. The lowest BCUT2D eigenvalue weighted by Crippen LogP contribution is -2.43. The molecule has 0 aromatic carbocycles. The Hall–Kier alpha value is -1.10. The Morgan fingerprint density at radius 1 is 1.44 bits per heavy atom. The zero-order valence-electron chi connectivity index (χ0n) is 10.2. The highest BCUT2D eigenvalue weighted by atomic mass is 16.2. The molecule has 1 saturated heterocycles. The molecule has 1 heterocycles. The number of amides is 2. The first kappa shape index (κ1) is 13.0. The van der Waals surface area contributed by atoms with Gasteiger partial charge in [0.05, 0.1) is 12.5 Å². The highest BCUT2D eigenvalue weighted by Crippen LogP contribution is 2.14. The van der Waals surface area contributed by atoms with Gasteiger partial charge in [0, 0.05) is 12.1 Å². The van der Waals surface area contributed by atoms with Gasteiger partial charge in [-0.2, -0.15) is 0 Å². The molecule has 5 nitrogen and oxygen atoms in total. The first-order chi connectivity index (χ1) is 7.50. The van der Waals surface area contributed by atoms with Crippen LogP contribution in [0.5, 0.6) is 0 Å². The van der Waals surface area contributed by atoms with Crippen LogP contribution >= 0.6 is 0 Å². The minimum Gasteiger partial charge on any atom is -0.352 e. The molecule has 0 radical (unpaired) electrons. The van der Waals surface area contributed by atoms with Crippen LogP contribution in [-0.2, 0) is 9.59 Å². The van der Waals surface area contributed by atoms with Gasteiger partial charge in [-0.25, -0.2) is 0 Å². The SMILES string of the molecule is CC(C)NC(=O)CNC(=O)C1CCNC1C. The van der Waals surface area contributed by atoms with Gasteiger partial charge in [0.2, 0.25) is 11.8 Å². The Morgan fingerprint density at radius 3 is 2.62 bits per heavy atom. The molecule has 0 aromatic rings. The normalized spacial score (nSPS) is 24.5. The van der Waals surface area contributed by atoms with Crippen molar-refractivity contribution < 1.29 is 9.59 Å². The lowest BCUT2D eigenvalue weighted by molar-refractivity contribution is -0.128. The number of rotatable bonds is 4. The molecule has 1 aliphatic rings. The Morgan fingerprint density at radius 2 is 2.12 bits per heavy atom. The minimum atomic E-state index is -0.137. The molecule has 0 spiro atoms. The van der Waals surface area contributed by atoms with E-state index in [1.54, 1.807) is 0 Å². The maximum atomic E-state index is 11.7. The lowest BCUT2D eigenvalue weighted by atomic mass is 10.0. The van der Waals surface area contributed by atoms with E-state index < -0.39 is 0 Å². The molecular formula is C11H21N3O2. The molecule has 1 aliphatic heterocycles. The van der Waals surface area contributed by atoms with Crippen LogP contribution in [-0.4, -0.2) is 37.0 Å². The Kier molecular flexibility index (Phi) is 4.73. The summed E-state index contributed by atoms with van der Waals surface area (Å²) in [6.07, 6.45) is 0.846. The van der Waals surface area contributed by atoms with Gasteiger partial charge < -0.3 is 16.0 Å². The summed E-state index contributed by atoms with van der Waals surface area (Å²) in [6.45, 7) is 6.72. The standard InChI is InChI=1S/C11H21N3O2/c1-7(2)14-10(15)6-13-11(16)9-4-5-12-8(9)3/h7-9,12H,4-6H2,1-3H3,(H,13,16)(H,14,15). The van der Waals surface area contributed by atoms with Gasteiger partial charge in [-0.3, -0.25) is 9.59 Å². The zero-order valence-corrected chi connectivity index (χ0v) is 10.2. The molecule has 16 heavy (non-hydrogen) atoms. The number of carbonyl (C=O) groups excluding carboxylic acids is 2. The van der Waals surface area contributed by atoms with Crippen molar-refractivity contribution in [3.8, 4) is 0 Å². The summed E-state index contributed by atoms with van der Waals surface area (Å²) in [4.78, 5) is 23.0. The van der Waals surface area contributed by atoms with Crippen molar-refractivity contribution in [2.24, 2.45) is 5.92 Å². The molecule has 2 amide bonds. The van der Waals surface area contributed by atoms with E-state index in [2.05, 4.69) is 16.0 Å². The topological polar surface area (TPSA) is 70.2 Å². The van der Waals surface area contributed by atoms with Crippen molar-refractivity contribution in [2.45, 2.75) is 39.3 Å². The van der Waals surface area contributed by atoms with Crippen molar-refractivity contribution in [3.63, 3.8) is 0 Å². The van der Waals surface area contributed by atoms with Crippen molar-refractivity contribution in [3.05, 3.63) is 0 Å². The largest absolute Gasteiger partial charge is 0.352 e. The number of nitrogens with one attached hydrogen (secondary N) is 3. The van der Waals surface area contributed by atoms with Crippen LogP contribution in [0, 0.1) is 5.92 Å². The van der Waals surface area contributed by atoms with Crippen molar-refractivity contribution in [1.29, 1.82) is 0 Å². The molecule has 0 aliphatic carbocycles. The molecule has 3 N–H and O–H groups in total. The van der Waals surface area contributed by atoms with Crippen LogP contribution < -0.4 is 16.0 Å². The summed E-state index contributed by atoms with van der Waals surface area (Å²) in [5.74, 6) is -0.176. The molecule has 2 unspecified atom stereocenters. The second-order valence-electron chi connectivity index (χ2n) is 4.58. The van der Waals surface area contributed by atoms with Crippen molar-refractivity contribution in [2.75, 3.05) is 13.1 Å². The molecule has 5 heteroatoms. The maximum Gasteiger partial charge on any atom is 0.239 e. The van der Waals surface area contributed by atoms with E-state index >= 15 is 0 Å². The average molecular weight is 227 g/mol. The second-order valence-corrected chi connectivity index (χ2v) is 4.58. The first-order valence-corrected chi connectivity index (χ1v) is 5.81. The van der Waals surface area contributed by atoms with Crippen LogP contribution in [0.25, 0.3) is 0 Å². The molecule has 0 bridgehead atoms. The number of carbonyl (C=O) groups is 2. The van der Waals surface area contributed by atoms with Gasteiger partial charge in [-0.1, -0.05) is 0 Å². The van der Waals surface area contributed by atoms with Gasteiger partial charge in [-0.15, -0.1) is 0 Å². The van der Waals surface area contributed by atoms with E-state index in [-0.39, 0.29) is 36.4 Å². The fourth-order valence-electron chi connectivity index (χ4n) is 1.89. The van der Waals surface area contributed by atoms with Gasteiger partial charge in [0.1, 0.15) is 0 Å². The highest BCUT2D eigenvalue weighted by Gasteiger charge is 2.29. The maximum absolute atomic E-state index is 11.7. The van der Waals surface area contributed by atoms with Crippen LogP contribution in [0.15, 0.2) is 0 Å². The molecule has 0 aromatic heterocycles. The summed E-state index contributed by atoms with van der Waals surface area (Å²) in [7, 11) is 0. The van der Waals surface area contributed by atoms with Gasteiger partial charge >= 0.3 is 0 Å². The quantitative estimate of drug-likeness (QED) is 0.613. The average Bonchev–Trinajstić information content (AvgIpc) is 2.60. The molecule has 92 valence electrons. The highest BCUT2D eigenvalue weighted by molar-refractivity contribution is 5.86. The third-order valence-corrected chi connectivity index (χ3v) is 2.73. The van der Waals surface area contributed by atoms with Crippen LogP contribution in [0.1, 0.15) is 27.2 Å². The Balaban J connectivity index is 2.27. The summed E-state index contributed by atoms with van der Waals surface area (Å²) < 4.78 is 0. The van der Waals surface area contributed by atoms with E-state index in [1.165, 1.54) is 0 Å². The third kappa shape index (κ3) is 3.81. The minimum absolute atomic E-state index is 0.00755. The zero-order chi connectivity index (χ0) is 12.1. The van der Waals surface area contributed by atoms with E-state index in [9.17, 15) is 9.59 Å². The summed E-state index contributed by atoms with van der Waals surface area (Å²) in [5, 5.41) is 8.61. The first-order valence-electron chi connectivity index (χ1n) is 5.81. The van der Waals surface area contributed by atoms with Crippen molar-refractivity contribution >= 4 is 11.8 Å². The predicted molar refractivity (Wildman–Crippen MR) is 61.9 cm³/mol.